The van der Waals surface area contributed by atoms with Crippen LogP contribution in [0.4, 0.5) is 0 Å². The first-order chi connectivity index (χ1) is 9.92. The molecule has 118 valence electrons. The van der Waals surface area contributed by atoms with E-state index in [0.717, 1.165) is 19.6 Å². The summed E-state index contributed by atoms with van der Waals surface area (Å²) in [6.45, 7) is 10.5. The maximum Gasteiger partial charge on any atom is 0.220 e. The first-order valence-electron chi connectivity index (χ1n) is 7.94. The molecule has 0 bridgehead atoms. The van der Waals surface area contributed by atoms with E-state index >= 15 is 0 Å². The average molecular weight is 308 g/mol. The van der Waals surface area contributed by atoms with Gasteiger partial charge in [-0.15, -0.1) is 11.3 Å². The molecule has 0 saturated carbocycles. The van der Waals surface area contributed by atoms with Gasteiger partial charge in [0.25, 0.3) is 0 Å². The lowest BCUT2D eigenvalue weighted by molar-refractivity contribution is -0.123. The molecule has 3 nitrogen and oxygen atoms in total. The first kappa shape index (κ1) is 16.5. The predicted molar refractivity (Wildman–Crippen MR) is 89.4 cm³/mol. The topological polar surface area (TPSA) is 32.3 Å². The molecule has 2 rings (SSSR count). The van der Waals surface area contributed by atoms with Crippen molar-refractivity contribution in [1.29, 1.82) is 0 Å². The largest absolute Gasteiger partial charge is 0.356 e. The number of likely N-dealkylation sites (tertiary alicyclic amines) is 1. The lowest BCUT2D eigenvalue weighted by Crippen LogP contribution is -2.41. The second-order valence-electron chi connectivity index (χ2n) is 7.36. The van der Waals surface area contributed by atoms with E-state index in [1.165, 1.54) is 24.3 Å². The van der Waals surface area contributed by atoms with Crippen LogP contribution in [-0.4, -0.2) is 30.4 Å². The third-order valence-electron chi connectivity index (χ3n) is 3.84. The van der Waals surface area contributed by atoms with E-state index in [1.54, 1.807) is 0 Å². The fourth-order valence-corrected chi connectivity index (χ4v) is 3.63. The molecule has 0 radical (unpaired) electrons. The zero-order chi connectivity index (χ0) is 15.3. The van der Waals surface area contributed by atoms with E-state index in [-0.39, 0.29) is 11.3 Å². The molecule has 0 unspecified atom stereocenters. The molecule has 0 aromatic carbocycles. The van der Waals surface area contributed by atoms with Crippen molar-refractivity contribution in [3.8, 4) is 0 Å². The van der Waals surface area contributed by atoms with Crippen molar-refractivity contribution in [2.75, 3.05) is 19.6 Å². The summed E-state index contributed by atoms with van der Waals surface area (Å²) in [6, 6.07) is 4.33. The molecule has 1 atom stereocenters. The van der Waals surface area contributed by atoms with Crippen molar-refractivity contribution in [3.63, 3.8) is 0 Å². The molecule has 1 amide bonds. The van der Waals surface area contributed by atoms with Crippen molar-refractivity contribution >= 4 is 17.2 Å². The number of nitrogens with one attached hydrogen (secondary N) is 1. The van der Waals surface area contributed by atoms with Crippen LogP contribution in [0.15, 0.2) is 17.5 Å². The Labute approximate surface area is 132 Å². The minimum absolute atomic E-state index is 0.0713. The van der Waals surface area contributed by atoms with Crippen LogP contribution in [0.5, 0.6) is 0 Å². The quantitative estimate of drug-likeness (QED) is 0.903. The summed E-state index contributed by atoms with van der Waals surface area (Å²) in [4.78, 5) is 15.9. The molecular weight excluding hydrogens is 280 g/mol. The highest BCUT2D eigenvalue weighted by Gasteiger charge is 2.22. The number of carbonyl (C=O) groups excluding carboxylic acids is 1. The van der Waals surface area contributed by atoms with Gasteiger partial charge in [-0.2, -0.15) is 0 Å². The standard InChI is InChI=1S/C17H28N2OS/c1-17(2,3)10-16(20)18-11-14-6-4-8-19(12-14)13-15-7-5-9-21-15/h5,7,9,14H,4,6,8,10-13H2,1-3H3,(H,18,20)/t14-/m1/s1. The van der Waals surface area contributed by atoms with Crippen LogP contribution < -0.4 is 5.32 Å². The highest BCUT2D eigenvalue weighted by Crippen LogP contribution is 2.21. The van der Waals surface area contributed by atoms with E-state index in [0.29, 0.717) is 12.3 Å². The number of hydrogen-bond donors (Lipinski definition) is 1. The molecule has 21 heavy (non-hydrogen) atoms. The van der Waals surface area contributed by atoms with Crippen LogP contribution in [0.1, 0.15) is 44.9 Å². The van der Waals surface area contributed by atoms with E-state index in [4.69, 9.17) is 0 Å². The van der Waals surface area contributed by atoms with Gasteiger partial charge in [0, 0.05) is 30.9 Å². The summed E-state index contributed by atoms with van der Waals surface area (Å²) in [5, 5.41) is 5.27. The fraction of sp³-hybridized carbons (Fsp3) is 0.706. The Hall–Kier alpha value is -0.870. The van der Waals surface area contributed by atoms with Gasteiger partial charge in [-0.3, -0.25) is 9.69 Å². The van der Waals surface area contributed by atoms with Gasteiger partial charge in [-0.05, 0) is 42.2 Å². The van der Waals surface area contributed by atoms with Crippen molar-refractivity contribution in [2.24, 2.45) is 11.3 Å². The molecule has 1 fully saturated rings. The van der Waals surface area contributed by atoms with Crippen molar-refractivity contribution < 1.29 is 4.79 Å². The van der Waals surface area contributed by atoms with Crippen molar-refractivity contribution in [1.82, 2.24) is 10.2 Å². The van der Waals surface area contributed by atoms with Gasteiger partial charge in [0.2, 0.25) is 5.91 Å². The Kier molecular flexibility index (Phi) is 5.82. The van der Waals surface area contributed by atoms with Gasteiger partial charge < -0.3 is 5.32 Å². The predicted octanol–water partition coefficient (Wildman–Crippen LogP) is 3.51. The smallest absolute Gasteiger partial charge is 0.220 e. The Balaban J connectivity index is 1.72. The average Bonchev–Trinajstić information content (AvgIpc) is 2.88. The zero-order valence-electron chi connectivity index (χ0n) is 13.5. The maximum atomic E-state index is 11.9. The molecule has 1 aromatic rings. The third-order valence-corrected chi connectivity index (χ3v) is 4.70. The molecule has 2 heterocycles. The highest BCUT2D eigenvalue weighted by molar-refractivity contribution is 7.09. The summed E-state index contributed by atoms with van der Waals surface area (Å²) < 4.78 is 0. The summed E-state index contributed by atoms with van der Waals surface area (Å²) in [5.74, 6) is 0.792. The molecule has 4 heteroatoms. The number of nitrogens with zero attached hydrogens (tertiary/aromatic N) is 1. The molecule has 1 aromatic heterocycles. The summed E-state index contributed by atoms with van der Waals surface area (Å²) in [6.07, 6.45) is 3.08. The Bertz CT molecular complexity index is 436. The van der Waals surface area contributed by atoms with Gasteiger partial charge in [-0.25, -0.2) is 0 Å². The molecule has 1 saturated heterocycles. The van der Waals surface area contributed by atoms with Crippen molar-refractivity contribution in [3.05, 3.63) is 22.4 Å². The minimum Gasteiger partial charge on any atom is -0.356 e. The molecule has 0 aliphatic carbocycles. The third kappa shape index (κ3) is 6.18. The Morgan fingerprint density at radius 1 is 1.48 bits per heavy atom. The van der Waals surface area contributed by atoms with Crippen LogP contribution in [-0.2, 0) is 11.3 Å². The molecule has 1 aliphatic heterocycles. The number of amides is 1. The van der Waals surface area contributed by atoms with E-state index < -0.39 is 0 Å². The number of rotatable bonds is 5. The van der Waals surface area contributed by atoms with Gasteiger partial charge in [0.05, 0.1) is 0 Å². The molecule has 0 spiro atoms. The maximum absolute atomic E-state index is 11.9. The molecular formula is C17H28N2OS. The monoisotopic (exact) mass is 308 g/mol. The lowest BCUT2D eigenvalue weighted by atomic mass is 9.91. The van der Waals surface area contributed by atoms with Crippen LogP contribution in [0, 0.1) is 11.3 Å². The summed E-state index contributed by atoms with van der Waals surface area (Å²) >= 11 is 1.83. The Morgan fingerprint density at radius 3 is 2.95 bits per heavy atom. The number of thiophene rings is 1. The van der Waals surface area contributed by atoms with E-state index in [1.807, 2.05) is 11.3 Å². The SMILES string of the molecule is CC(C)(C)CC(=O)NC[C@H]1CCCN(Cc2cccs2)C1. The van der Waals surface area contributed by atoms with Crippen molar-refractivity contribution in [2.45, 2.75) is 46.6 Å². The van der Waals surface area contributed by atoms with Gasteiger partial charge >= 0.3 is 0 Å². The van der Waals surface area contributed by atoms with Gasteiger partial charge in [0.15, 0.2) is 0 Å². The summed E-state index contributed by atoms with van der Waals surface area (Å²) in [5.41, 5.74) is 0.0713. The minimum atomic E-state index is 0.0713. The zero-order valence-corrected chi connectivity index (χ0v) is 14.3. The van der Waals surface area contributed by atoms with Crippen LogP contribution >= 0.6 is 11.3 Å². The first-order valence-corrected chi connectivity index (χ1v) is 8.82. The number of carbonyl (C=O) groups is 1. The second kappa shape index (κ2) is 7.41. The highest BCUT2D eigenvalue weighted by atomic mass is 32.1. The van der Waals surface area contributed by atoms with Crippen LogP contribution in [0.2, 0.25) is 0 Å². The molecule has 1 aliphatic rings. The second-order valence-corrected chi connectivity index (χ2v) is 8.40. The number of piperidine rings is 1. The number of hydrogen-bond acceptors (Lipinski definition) is 3. The molecule has 1 N–H and O–H groups in total. The van der Waals surface area contributed by atoms with Crippen LogP contribution in [0.3, 0.4) is 0 Å². The summed E-state index contributed by atoms with van der Waals surface area (Å²) in [7, 11) is 0. The van der Waals surface area contributed by atoms with Gasteiger partial charge in [-0.1, -0.05) is 26.8 Å². The van der Waals surface area contributed by atoms with E-state index in [9.17, 15) is 4.79 Å². The fourth-order valence-electron chi connectivity index (χ4n) is 2.89. The van der Waals surface area contributed by atoms with E-state index in [2.05, 4.69) is 48.5 Å². The van der Waals surface area contributed by atoms with Gasteiger partial charge in [0.1, 0.15) is 0 Å². The lowest BCUT2D eigenvalue weighted by Gasteiger charge is -2.32. The normalized spacial score (nSPS) is 20.4. The Morgan fingerprint density at radius 2 is 2.29 bits per heavy atom. The van der Waals surface area contributed by atoms with Crippen LogP contribution in [0.25, 0.3) is 0 Å².